The molecule has 0 radical (unpaired) electrons. The molecule has 0 spiro atoms. The van der Waals surface area contributed by atoms with Crippen LogP contribution in [0.1, 0.15) is 38.7 Å². The van der Waals surface area contributed by atoms with Crippen LogP contribution in [0.5, 0.6) is 0 Å². The predicted octanol–water partition coefficient (Wildman–Crippen LogP) is 5.99. The van der Waals surface area contributed by atoms with Gasteiger partial charge in [0.25, 0.3) is 0 Å². The van der Waals surface area contributed by atoms with Crippen molar-refractivity contribution in [1.29, 1.82) is 0 Å². The fourth-order valence-electron chi connectivity index (χ4n) is 5.01. The molecule has 39 heavy (non-hydrogen) atoms. The Morgan fingerprint density at radius 3 is 2.51 bits per heavy atom. The molecule has 200 valence electrons. The van der Waals surface area contributed by atoms with Crippen molar-refractivity contribution in [3.63, 3.8) is 0 Å². The van der Waals surface area contributed by atoms with Gasteiger partial charge in [0, 0.05) is 30.0 Å². The van der Waals surface area contributed by atoms with Crippen molar-refractivity contribution in [3.8, 4) is 28.3 Å². The highest BCUT2D eigenvalue weighted by Gasteiger charge is 2.19. The minimum Gasteiger partial charge on any atom is -0.383 e. The monoisotopic (exact) mass is 519 g/mol. The Labute approximate surface area is 230 Å². The van der Waals surface area contributed by atoms with Crippen molar-refractivity contribution in [3.05, 3.63) is 90.6 Å². The largest absolute Gasteiger partial charge is 0.383 e. The summed E-state index contributed by atoms with van der Waals surface area (Å²) in [5.41, 5.74) is 12.9. The van der Waals surface area contributed by atoms with Gasteiger partial charge in [0.2, 0.25) is 0 Å². The highest BCUT2D eigenvalue weighted by atomic mass is 15.1. The van der Waals surface area contributed by atoms with E-state index in [1.54, 1.807) is 6.20 Å². The number of hydrogen-bond donors (Lipinski definition) is 3. The zero-order valence-electron chi connectivity index (χ0n) is 22.8. The molecule has 0 aliphatic carbocycles. The van der Waals surface area contributed by atoms with Gasteiger partial charge in [-0.1, -0.05) is 56.3 Å². The number of fused-ring (bicyclic) bond motifs is 1. The minimum atomic E-state index is 0.445. The Balaban J connectivity index is 0.00000151. The number of aromatic nitrogens is 4. The van der Waals surface area contributed by atoms with Crippen molar-refractivity contribution in [1.82, 2.24) is 30.2 Å². The van der Waals surface area contributed by atoms with Gasteiger partial charge >= 0.3 is 0 Å². The summed E-state index contributed by atoms with van der Waals surface area (Å²) in [6.07, 6.45) is 5.31. The van der Waals surface area contributed by atoms with Crippen LogP contribution in [-0.2, 0) is 6.54 Å². The normalized spacial score (nSPS) is 15.4. The molecule has 1 fully saturated rings. The number of nitrogen functional groups attached to an aromatic ring is 1. The zero-order chi connectivity index (χ0) is 27.0. The average Bonchev–Trinajstić information content (AvgIpc) is 3.16. The van der Waals surface area contributed by atoms with Gasteiger partial charge in [0.05, 0.1) is 11.3 Å². The lowest BCUT2D eigenvalue weighted by Gasteiger charge is -2.16. The molecule has 1 saturated heterocycles. The SMILES string of the molecule is CC.Nc1ncccc1-c1nc2ccc(-c3ccccc3)nc2n1-c1ccc(CNC2CCCNCC2)cc1. The maximum atomic E-state index is 6.29. The van der Waals surface area contributed by atoms with E-state index in [-0.39, 0.29) is 0 Å². The van der Waals surface area contributed by atoms with E-state index in [0.717, 1.165) is 59.1 Å². The summed E-state index contributed by atoms with van der Waals surface area (Å²) >= 11 is 0. The Kier molecular flexibility index (Phi) is 8.61. The Morgan fingerprint density at radius 2 is 1.72 bits per heavy atom. The number of hydrogen-bond acceptors (Lipinski definition) is 6. The van der Waals surface area contributed by atoms with E-state index in [4.69, 9.17) is 15.7 Å². The van der Waals surface area contributed by atoms with E-state index < -0.39 is 0 Å². The highest BCUT2D eigenvalue weighted by Crippen LogP contribution is 2.31. The Hall–Kier alpha value is -4.07. The van der Waals surface area contributed by atoms with Crippen LogP contribution in [0.2, 0.25) is 0 Å². The van der Waals surface area contributed by atoms with Crippen molar-refractivity contribution in [2.75, 3.05) is 18.8 Å². The predicted molar refractivity (Wildman–Crippen MR) is 161 cm³/mol. The number of nitrogens with zero attached hydrogens (tertiary/aromatic N) is 4. The molecule has 5 aromatic rings. The second kappa shape index (κ2) is 12.7. The third kappa shape index (κ3) is 6.00. The van der Waals surface area contributed by atoms with Gasteiger partial charge in [-0.3, -0.25) is 4.57 Å². The number of nitrogens with two attached hydrogens (primary N) is 1. The standard InChI is InChI=1S/C30H31N7.C2H6/c31-28-25(9-5-18-33-28)29-36-27-15-14-26(22-6-2-1-3-7-22)35-30(27)37(29)24-12-10-21(11-13-24)20-34-23-8-4-17-32-19-16-23;1-2/h1-3,5-7,9-15,18,23,32,34H,4,8,16-17,19-20H2,(H2,31,33);1-2H3. The van der Waals surface area contributed by atoms with Gasteiger partial charge < -0.3 is 16.4 Å². The first kappa shape index (κ1) is 26.5. The lowest BCUT2D eigenvalue weighted by Crippen LogP contribution is -2.29. The molecule has 6 rings (SSSR count). The molecule has 4 heterocycles. The van der Waals surface area contributed by atoms with Gasteiger partial charge in [-0.05, 0) is 74.3 Å². The van der Waals surface area contributed by atoms with E-state index in [1.807, 2.05) is 56.3 Å². The van der Waals surface area contributed by atoms with E-state index >= 15 is 0 Å². The molecular formula is C32H37N7. The fourth-order valence-corrected chi connectivity index (χ4v) is 5.01. The topological polar surface area (TPSA) is 93.7 Å². The summed E-state index contributed by atoms with van der Waals surface area (Å²) in [7, 11) is 0. The fraction of sp³-hybridized carbons (Fsp3) is 0.281. The summed E-state index contributed by atoms with van der Waals surface area (Å²) in [6.45, 7) is 7.06. The number of nitrogens with one attached hydrogen (secondary N) is 2. The number of imidazole rings is 1. The maximum Gasteiger partial charge on any atom is 0.165 e. The number of benzene rings is 2. The van der Waals surface area contributed by atoms with Gasteiger partial charge in [0.15, 0.2) is 11.5 Å². The number of anilines is 1. The minimum absolute atomic E-state index is 0.445. The molecule has 1 aliphatic heterocycles. The van der Waals surface area contributed by atoms with Gasteiger partial charge in [-0.15, -0.1) is 0 Å². The summed E-state index contributed by atoms with van der Waals surface area (Å²) in [6, 6.07) is 27.3. The lowest BCUT2D eigenvalue weighted by atomic mass is 10.1. The smallest absolute Gasteiger partial charge is 0.165 e. The molecule has 0 amide bonds. The van der Waals surface area contributed by atoms with Crippen LogP contribution in [0.15, 0.2) is 85.1 Å². The van der Waals surface area contributed by atoms with Gasteiger partial charge in [-0.2, -0.15) is 0 Å². The Bertz CT molecular complexity index is 1480. The number of pyridine rings is 2. The van der Waals surface area contributed by atoms with Crippen LogP contribution in [0.3, 0.4) is 0 Å². The molecule has 7 nitrogen and oxygen atoms in total. The molecule has 1 atom stereocenters. The van der Waals surface area contributed by atoms with Crippen molar-refractivity contribution < 1.29 is 0 Å². The third-order valence-electron chi connectivity index (χ3n) is 7.02. The van der Waals surface area contributed by atoms with Crippen molar-refractivity contribution >= 4 is 17.0 Å². The second-order valence-corrected chi connectivity index (χ2v) is 9.54. The van der Waals surface area contributed by atoms with Crippen LogP contribution in [0, 0.1) is 0 Å². The highest BCUT2D eigenvalue weighted by molar-refractivity contribution is 5.84. The summed E-state index contributed by atoms with van der Waals surface area (Å²) in [5, 5.41) is 7.22. The van der Waals surface area contributed by atoms with Crippen molar-refractivity contribution in [2.45, 2.75) is 45.7 Å². The van der Waals surface area contributed by atoms with E-state index in [9.17, 15) is 0 Å². The first-order valence-corrected chi connectivity index (χ1v) is 14.0. The molecular weight excluding hydrogens is 482 g/mol. The summed E-state index contributed by atoms with van der Waals surface area (Å²) < 4.78 is 2.09. The molecule has 7 heteroatoms. The molecule has 4 N–H and O–H groups in total. The Morgan fingerprint density at radius 1 is 0.897 bits per heavy atom. The third-order valence-corrected chi connectivity index (χ3v) is 7.02. The molecule has 3 aromatic heterocycles. The first-order valence-electron chi connectivity index (χ1n) is 14.0. The zero-order valence-corrected chi connectivity index (χ0v) is 22.8. The quantitative estimate of drug-likeness (QED) is 0.255. The number of rotatable bonds is 6. The van der Waals surface area contributed by atoms with Gasteiger partial charge in [0.1, 0.15) is 11.3 Å². The first-order chi connectivity index (χ1) is 19.3. The molecule has 1 aliphatic rings. The van der Waals surface area contributed by atoms with Crippen LogP contribution in [0.4, 0.5) is 5.82 Å². The van der Waals surface area contributed by atoms with Gasteiger partial charge in [-0.25, -0.2) is 15.0 Å². The van der Waals surface area contributed by atoms with Crippen LogP contribution >= 0.6 is 0 Å². The average molecular weight is 520 g/mol. The summed E-state index contributed by atoms with van der Waals surface area (Å²) in [4.78, 5) is 14.3. The lowest BCUT2D eigenvalue weighted by molar-refractivity contribution is 0.468. The van der Waals surface area contributed by atoms with Crippen LogP contribution < -0.4 is 16.4 Å². The van der Waals surface area contributed by atoms with E-state index in [2.05, 4.69) is 56.6 Å². The molecule has 2 aromatic carbocycles. The van der Waals surface area contributed by atoms with Crippen LogP contribution in [-0.4, -0.2) is 38.7 Å². The summed E-state index contributed by atoms with van der Waals surface area (Å²) in [5.74, 6) is 1.18. The maximum absolute atomic E-state index is 6.29. The van der Waals surface area contributed by atoms with Crippen LogP contribution in [0.25, 0.3) is 39.5 Å². The van der Waals surface area contributed by atoms with E-state index in [1.165, 1.54) is 24.8 Å². The van der Waals surface area contributed by atoms with E-state index in [0.29, 0.717) is 11.9 Å². The molecule has 0 saturated carbocycles. The molecule has 0 bridgehead atoms. The molecule has 1 unspecified atom stereocenters. The van der Waals surface area contributed by atoms with Crippen molar-refractivity contribution in [2.24, 2.45) is 0 Å². The second-order valence-electron chi connectivity index (χ2n) is 9.54.